The summed E-state index contributed by atoms with van der Waals surface area (Å²) in [5.74, 6) is 0. The zero-order valence-electron chi connectivity index (χ0n) is 11.6. The monoisotopic (exact) mass is 274 g/mol. The first kappa shape index (κ1) is 14.9. The fourth-order valence-electron chi connectivity index (χ4n) is 2.09. The average Bonchev–Trinajstić information content (AvgIpc) is 2.13. The number of nitrogens with one attached hydrogen (secondary N) is 1. The molecular formula is C12H24N2OP2. The number of carbonyl (C=O) groups excluding carboxylic acids is 1. The lowest BCUT2D eigenvalue weighted by Gasteiger charge is -2.42. The van der Waals surface area contributed by atoms with Crippen molar-refractivity contribution in [3.8, 4) is 0 Å². The second-order valence-electron chi connectivity index (χ2n) is 6.45. The van der Waals surface area contributed by atoms with Crippen molar-refractivity contribution in [2.45, 2.75) is 41.5 Å². The van der Waals surface area contributed by atoms with Gasteiger partial charge in [-0.05, 0) is 11.0 Å². The summed E-state index contributed by atoms with van der Waals surface area (Å²) < 4.78 is 1.87. The van der Waals surface area contributed by atoms with Crippen LogP contribution in [-0.2, 0) is 0 Å². The molecule has 3 nitrogen and oxygen atoms in total. The molecule has 1 aliphatic heterocycles. The van der Waals surface area contributed by atoms with Gasteiger partial charge in [0.2, 0.25) is 0 Å². The Morgan fingerprint density at radius 1 is 1.18 bits per heavy atom. The molecule has 2 atom stereocenters. The van der Waals surface area contributed by atoms with Crippen molar-refractivity contribution in [3.05, 3.63) is 11.3 Å². The summed E-state index contributed by atoms with van der Waals surface area (Å²) in [6.45, 7) is 13.8. The van der Waals surface area contributed by atoms with E-state index in [4.69, 9.17) is 0 Å². The van der Waals surface area contributed by atoms with Gasteiger partial charge >= 0.3 is 6.03 Å². The van der Waals surface area contributed by atoms with Crippen LogP contribution in [0, 0.1) is 10.8 Å². The molecule has 17 heavy (non-hydrogen) atoms. The molecule has 98 valence electrons. The van der Waals surface area contributed by atoms with E-state index in [1.165, 1.54) is 11.3 Å². The molecule has 1 N–H and O–H groups in total. The molecule has 0 saturated heterocycles. The first-order valence-electron chi connectivity index (χ1n) is 5.87. The fourth-order valence-corrected chi connectivity index (χ4v) is 3.63. The first-order valence-corrected chi connectivity index (χ1v) is 8.63. The van der Waals surface area contributed by atoms with Gasteiger partial charge in [0.05, 0.1) is 0 Å². The number of urea groups is 1. The summed E-state index contributed by atoms with van der Waals surface area (Å²) in [4.78, 5) is 11.9. The van der Waals surface area contributed by atoms with Crippen molar-refractivity contribution < 1.29 is 4.79 Å². The van der Waals surface area contributed by atoms with Gasteiger partial charge in [0, 0.05) is 26.1 Å². The quantitative estimate of drug-likeness (QED) is 0.726. The van der Waals surface area contributed by atoms with Crippen LogP contribution in [-0.4, -0.2) is 17.2 Å². The number of amides is 2. The average molecular weight is 274 g/mol. The predicted molar refractivity (Wildman–Crippen MR) is 79.2 cm³/mol. The minimum Gasteiger partial charge on any atom is -0.334 e. The molecule has 0 saturated carbocycles. The van der Waals surface area contributed by atoms with E-state index in [9.17, 15) is 4.79 Å². The van der Waals surface area contributed by atoms with E-state index in [2.05, 4.69) is 55.8 Å². The number of allylic oxidation sites excluding steroid dienone is 1. The first-order chi connectivity index (χ1) is 7.59. The maximum absolute atomic E-state index is 11.9. The Morgan fingerprint density at radius 3 is 2.06 bits per heavy atom. The van der Waals surface area contributed by atoms with Gasteiger partial charge in [-0.2, -0.15) is 0 Å². The fraction of sp³-hybridized carbons (Fsp3) is 0.750. The van der Waals surface area contributed by atoms with Gasteiger partial charge in [-0.3, -0.25) is 4.67 Å². The van der Waals surface area contributed by atoms with Crippen molar-refractivity contribution in [2.75, 3.05) is 6.54 Å². The van der Waals surface area contributed by atoms with Gasteiger partial charge in [0.15, 0.2) is 0 Å². The van der Waals surface area contributed by atoms with Crippen LogP contribution in [0.3, 0.4) is 0 Å². The van der Waals surface area contributed by atoms with Gasteiger partial charge in [0.1, 0.15) is 0 Å². The predicted octanol–water partition coefficient (Wildman–Crippen LogP) is 3.74. The van der Waals surface area contributed by atoms with Gasteiger partial charge in [-0.25, -0.2) is 4.79 Å². The minimum atomic E-state index is -0.00998. The lowest BCUT2D eigenvalue weighted by atomic mass is 9.77. The molecule has 0 aliphatic carbocycles. The summed E-state index contributed by atoms with van der Waals surface area (Å²) in [5, 5.41) is 2.96. The standard InChI is InChI=1S/C12H24N2OP2/c1-11(2,3)8-7-13-10(15)14(17-16)9(8)12(4,5)6/h17H,7,16H2,1-6H3,(H,13,15). The molecule has 0 spiro atoms. The molecule has 5 heteroatoms. The Morgan fingerprint density at radius 2 is 1.71 bits per heavy atom. The van der Waals surface area contributed by atoms with E-state index in [0.717, 1.165) is 0 Å². The summed E-state index contributed by atoms with van der Waals surface area (Å²) in [6.07, 6.45) is 0. The molecule has 1 heterocycles. The van der Waals surface area contributed by atoms with Crippen LogP contribution in [0.15, 0.2) is 11.3 Å². The maximum Gasteiger partial charge on any atom is 0.325 e. The van der Waals surface area contributed by atoms with Crippen LogP contribution in [0.5, 0.6) is 0 Å². The van der Waals surface area contributed by atoms with Gasteiger partial charge in [0.25, 0.3) is 0 Å². The van der Waals surface area contributed by atoms with Crippen LogP contribution in [0.25, 0.3) is 0 Å². The van der Waals surface area contributed by atoms with E-state index in [1.807, 2.05) is 4.67 Å². The number of carbonyl (C=O) groups is 1. The Balaban J connectivity index is 3.39. The summed E-state index contributed by atoms with van der Waals surface area (Å²) in [7, 11) is 3.05. The Bertz CT molecular complexity index is 350. The van der Waals surface area contributed by atoms with E-state index >= 15 is 0 Å². The van der Waals surface area contributed by atoms with Crippen molar-refractivity contribution in [1.82, 2.24) is 9.99 Å². The highest BCUT2D eigenvalue weighted by molar-refractivity contribution is 8.01. The molecule has 0 bridgehead atoms. The molecule has 2 amide bonds. The molecule has 0 radical (unpaired) electrons. The van der Waals surface area contributed by atoms with E-state index in [1.54, 1.807) is 0 Å². The van der Waals surface area contributed by atoms with Crippen LogP contribution in [0.4, 0.5) is 4.79 Å². The van der Waals surface area contributed by atoms with Crippen LogP contribution >= 0.6 is 17.3 Å². The lowest BCUT2D eigenvalue weighted by Crippen LogP contribution is -2.46. The highest BCUT2D eigenvalue weighted by atomic mass is 32.0. The Kier molecular flexibility index (Phi) is 4.27. The van der Waals surface area contributed by atoms with E-state index in [0.29, 0.717) is 15.0 Å². The highest BCUT2D eigenvalue weighted by Gasteiger charge is 2.36. The molecule has 1 rings (SSSR count). The van der Waals surface area contributed by atoms with Gasteiger partial charge in [-0.1, -0.05) is 50.5 Å². The SMILES string of the molecule is CC(C)(C)C1=C(C(C)(C)C)N(PP)C(=O)NC1. The molecule has 1 aliphatic rings. The van der Waals surface area contributed by atoms with Crippen molar-refractivity contribution >= 4 is 23.4 Å². The van der Waals surface area contributed by atoms with E-state index in [-0.39, 0.29) is 16.9 Å². The zero-order chi connectivity index (χ0) is 13.4. The third-order valence-corrected chi connectivity index (χ3v) is 4.33. The molecule has 2 unspecified atom stereocenters. The van der Waals surface area contributed by atoms with Crippen molar-refractivity contribution in [3.63, 3.8) is 0 Å². The smallest absolute Gasteiger partial charge is 0.325 e. The Hall–Kier alpha value is -0.130. The Labute approximate surface area is 109 Å². The maximum atomic E-state index is 11.9. The summed E-state index contributed by atoms with van der Waals surface area (Å²) in [5.41, 5.74) is 2.59. The third-order valence-electron chi connectivity index (χ3n) is 2.87. The minimum absolute atomic E-state index is 0.00998. The normalized spacial score (nSPS) is 19.2. The molecule has 0 aromatic rings. The highest BCUT2D eigenvalue weighted by Crippen LogP contribution is 2.45. The molecule has 0 aromatic heterocycles. The van der Waals surface area contributed by atoms with Crippen molar-refractivity contribution in [1.29, 1.82) is 0 Å². The third kappa shape index (κ3) is 3.20. The lowest BCUT2D eigenvalue weighted by molar-refractivity contribution is 0.218. The topological polar surface area (TPSA) is 32.3 Å². The summed E-state index contributed by atoms with van der Waals surface area (Å²) in [6, 6.07) is 0.0243. The number of rotatable bonds is 1. The number of nitrogens with zero attached hydrogens (tertiary/aromatic N) is 1. The van der Waals surface area contributed by atoms with E-state index < -0.39 is 0 Å². The second kappa shape index (κ2) is 4.86. The van der Waals surface area contributed by atoms with Gasteiger partial charge < -0.3 is 5.32 Å². The van der Waals surface area contributed by atoms with Crippen LogP contribution in [0.1, 0.15) is 41.5 Å². The number of hydrogen-bond acceptors (Lipinski definition) is 1. The second-order valence-corrected chi connectivity index (χ2v) is 7.93. The zero-order valence-corrected chi connectivity index (χ0v) is 13.8. The largest absolute Gasteiger partial charge is 0.334 e. The summed E-state index contributed by atoms with van der Waals surface area (Å²) >= 11 is 0. The molecule has 0 fully saturated rings. The van der Waals surface area contributed by atoms with Crippen LogP contribution in [0.2, 0.25) is 0 Å². The van der Waals surface area contributed by atoms with Crippen molar-refractivity contribution in [2.24, 2.45) is 10.8 Å². The molecule has 0 aromatic carbocycles. The number of hydrogen-bond donors (Lipinski definition) is 1. The van der Waals surface area contributed by atoms with Gasteiger partial charge in [-0.15, -0.1) is 0 Å². The molecular weight excluding hydrogens is 250 g/mol. The van der Waals surface area contributed by atoms with Crippen LogP contribution < -0.4 is 5.32 Å².